The van der Waals surface area contributed by atoms with Crippen LogP contribution in [0.1, 0.15) is 18.2 Å². The van der Waals surface area contributed by atoms with Gasteiger partial charge in [-0.1, -0.05) is 17.7 Å². The monoisotopic (exact) mass is 272 g/mol. The summed E-state index contributed by atoms with van der Waals surface area (Å²) in [5.41, 5.74) is 2.90. The minimum atomic E-state index is -0.279. The summed E-state index contributed by atoms with van der Waals surface area (Å²) in [6.45, 7) is 4.43. The molecular weight excluding hydrogens is 252 g/mol. The Morgan fingerprint density at radius 2 is 2.00 bits per heavy atom. The number of hydrogen-bond acceptors (Lipinski definition) is 3. The van der Waals surface area contributed by atoms with Gasteiger partial charge in [0.25, 0.3) is 0 Å². The number of rotatable bonds is 5. The highest BCUT2D eigenvalue weighted by Gasteiger charge is 2.12. The lowest BCUT2D eigenvalue weighted by molar-refractivity contribution is -0.117. The number of carbonyl (C=O) groups is 1. The predicted molar refractivity (Wildman–Crippen MR) is 79.3 cm³/mol. The molecule has 1 unspecified atom stereocenters. The zero-order valence-electron chi connectivity index (χ0n) is 12.1. The van der Waals surface area contributed by atoms with Crippen molar-refractivity contribution in [2.75, 3.05) is 5.32 Å². The van der Waals surface area contributed by atoms with Crippen molar-refractivity contribution in [2.45, 2.75) is 26.4 Å². The summed E-state index contributed by atoms with van der Waals surface area (Å²) in [6, 6.07) is 9.40. The van der Waals surface area contributed by atoms with Crippen molar-refractivity contribution in [1.82, 2.24) is 15.1 Å². The van der Waals surface area contributed by atoms with Gasteiger partial charge in [-0.15, -0.1) is 0 Å². The second-order valence-electron chi connectivity index (χ2n) is 4.94. The van der Waals surface area contributed by atoms with Gasteiger partial charge in [0.1, 0.15) is 0 Å². The number of anilines is 1. The van der Waals surface area contributed by atoms with Gasteiger partial charge in [0.05, 0.1) is 11.7 Å². The van der Waals surface area contributed by atoms with E-state index in [1.807, 2.05) is 57.4 Å². The molecule has 1 atom stereocenters. The fraction of sp³-hybridized carbons (Fsp3) is 0.333. The molecule has 2 aromatic rings. The number of nitrogens with one attached hydrogen (secondary N) is 2. The minimum absolute atomic E-state index is 0.0511. The van der Waals surface area contributed by atoms with E-state index in [2.05, 4.69) is 15.7 Å². The van der Waals surface area contributed by atoms with Crippen molar-refractivity contribution in [3.63, 3.8) is 0 Å². The Hall–Kier alpha value is -2.14. The van der Waals surface area contributed by atoms with Crippen molar-refractivity contribution < 1.29 is 4.79 Å². The van der Waals surface area contributed by atoms with Gasteiger partial charge >= 0.3 is 0 Å². The van der Waals surface area contributed by atoms with Crippen LogP contribution in [-0.2, 0) is 18.4 Å². The molecule has 1 heterocycles. The lowest BCUT2D eigenvalue weighted by Crippen LogP contribution is -2.37. The number of aromatic nitrogens is 2. The Bertz CT molecular complexity index is 574. The first kappa shape index (κ1) is 14.3. The summed E-state index contributed by atoms with van der Waals surface area (Å²) >= 11 is 0. The van der Waals surface area contributed by atoms with E-state index >= 15 is 0 Å². The molecule has 0 aliphatic heterocycles. The van der Waals surface area contributed by atoms with Crippen LogP contribution in [0.4, 0.5) is 5.69 Å². The van der Waals surface area contributed by atoms with Crippen molar-refractivity contribution in [2.24, 2.45) is 7.05 Å². The lowest BCUT2D eigenvalue weighted by Gasteiger charge is -2.13. The number of carbonyl (C=O) groups excluding carboxylic acids is 1. The average Bonchev–Trinajstić information content (AvgIpc) is 2.84. The van der Waals surface area contributed by atoms with Crippen LogP contribution in [0.2, 0.25) is 0 Å². The quantitative estimate of drug-likeness (QED) is 0.873. The topological polar surface area (TPSA) is 59.0 Å². The zero-order chi connectivity index (χ0) is 14.5. The third-order valence-electron chi connectivity index (χ3n) is 3.07. The van der Waals surface area contributed by atoms with Gasteiger partial charge in [-0.3, -0.25) is 9.48 Å². The maximum Gasteiger partial charge on any atom is 0.241 e. The van der Waals surface area contributed by atoms with Crippen LogP contribution in [0, 0.1) is 6.92 Å². The summed E-state index contributed by atoms with van der Waals surface area (Å²) in [5.74, 6) is -0.0511. The van der Waals surface area contributed by atoms with Crippen LogP contribution in [0.15, 0.2) is 36.5 Å². The maximum atomic E-state index is 12.0. The number of benzene rings is 1. The van der Waals surface area contributed by atoms with Crippen LogP contribution in [0.25, 0.3) is 0 Å². The summed E-state index contributed by atoms with van der Waals surface area (Å²) in [7, 11) is 1.87. The molecule has 2 rings (SSSR count). The summed E-state index contributed by atoms with van der Waals surface area (Å²) in [5, 5.41) is 10.3. The fourth-order valence-corrected chi connectivity index (χ4v) is 1.80. The molecule has 0 saturated carbocycles. The molecule has 0 spiro atoms. The summed E-state index contributed by atoms with van der Waals surface area (Å²) < 4.78 is 1.74. The van der Waals surface area contributed by atoms with Crippen molar-refractivity contribution in [3.8, 4) is 0 Å². The predicted octanol–water partition coefficient (Wildman–Crippen LogP) is 1.85. The second-order valence-corrected chi connectivity index (χ2v) is 4.94. The number of aryl methyl sites for hydroxylation is 2. The molecule has 1 aromatic heterocycles. The Balaban J connectivity index is 1.84. The first-order chi connectivity index (χ1) is 9.54. The molecule has 5 nitrogen and oxygen atoms in total. The van der Waals surface area contributed by atoms with E-state index in [9.17, 15) is 4.79 Å². The standard InChI is InChI=1S/C15H20N4O/c1-11-4-6-13(7-5-11)17-15(20)12(2)16-10-14-8-9-19(3)18-14/h4-9,12,16H,10H2,1-3H3,(H,17,20). The second kappa shape index (κ2) is 6.34. The highest BCUT2D eigenvalue weighted by Crippen LogP contribution is 2.09. The zero-order valence-corrected chi connectivity index (χ0v) is 12.1. The third-order valence-corrected chi connectivity index (χ3v) is 3.07. The molecule has 0 saturated heterocycles. The van der Waals surface area contributed by atoms with Gasteiger partial charge in [0.15, 0.2) is 0 Å². The van der Waals surface area contributed by atoms with Gasteiger partial charge in [-0.25, -0.2) is 0 Å². The van der Waals surface area contributed by atoms with E-state index in [4.69, 9.17) is 0 Å². The Morgan fingerprint density at radius 1 is 1.30 bits per heavy atom. The molecule has 106 valence electrons. The summed E-state index contributed by atoms with van der Waals surface area (Å²) in [6.07, 6.45) is 1.88. The van der Waals surface area contributed by atoms with E-state index in [1.54, 1.807) is 4.68 Å². The van der Waals surface area contributed by atoms with Crippen molar-refractivity contribution in [1.29, 1.82) is 0 Å². The molecule has 0 aliphatic rings. The van der Waals surface area contributed by atoms with E-state index in [0.717, 1.165) is 11.4 Å². The van der Waals surface area contributed by atoms with Crippen LogP contribution >= 0.6 is 0 Å². The molecule has 1 amide bonds. The molecule has 5 heteroatoms. The highest BCUT2D eigenvalue weighted by molar-refractivity contribution is 5.94. The Morgan fingerprint density at radius 3 is 2.60 bits per heavy atom. The fourth-order valence-electron chi connectivity index (χ4n) is 1.80. The van der Waals surface area contributed by atoms with Crippen LogP contribution in [0.3, 0.4) is 0 Å². The van der Waals surface area contributed by atoms with E-state index in [1.165, 1.54) is 5.56 Å². The van der Waals surface area contributed by atoms with E-state index in [0.29, 0.717) is 6.54 Å². The van der Waals surface area contributed by atoms with Crippen LogP contribution in [0.5, 0.6) is 0 Å². The maximum absolute atomic E-state index is 12.0. The van der Waals surface area contributed by atoms with Gasteiger partial charge < -0.3 is 10.6 Å². The van der Waals surface area contributed by atoms with Crippen LogP contribution in [-0.4, -0.2) is 21.7 Å². The van der Waals surface area contributed by atoms with E-state index in [-0.39, 0.29) is 11.9 Å². The SMILES string of the molecule is Cc1ccc(NC(=O)C(C)NCc2ccn(C)n2)cc1. The molecular formula is C15H20N4O. The average molecular weight is 272 g/mol. The highest BCUT2D eigenvalue weighted by atomic mass is 16.2. The van der Waals surface area contributed by atoms with Gasteiger partial charge in [0, 0.05) is 25.5 Å². The normalized spacial score (nSPS) is 12.2. The van der Waals surface area contributed by atoms with Crippen molar-refractivity contribution in [3.05, 3.63) is 47.8 Å². The Labute approximate surface area is 119 Å². The molecule has 0 radical (unpaired) electrons. The molecule has 0 aliphatic carbocycles. The van der Waals surface area contributed by atoms with Gasteiger partial charge in [-0.2, -0.15) is 5.10 Å². The molecule has 0 fully saturated rings. The molecule has 0 bridgehead atoms. The molecule has 20 heavy (non-hydrogen) atoms. The van der Waals surface area contributed by atoms with Crippen molar-refractivity contribution >= 4 is 11.6 Å². The summed E-state index contributed by atoms with van der Waals surface area (Å²) in [4.78, 5) is 12.0. The third kappa shape index (κ3) is 3.93. The van der Waals surface area contributed by atoms with Gasteiger partial charge in [-0.05, 0) is 32.0 Å². The first-order valence-electron chi connectivity index (χ1n) is 6.64. The minimum Gasteiger partial charge on any atom is -0.325 e. The molecule has 1 aromatic carbocycles. The Kier molecular flexibility index (Phi) is 4.53. The number of amides is 1. The molecule has 2 N–H and O–H groups in total. The number of nitrogens with zero attached hydrogens (tertiary/aromatic N) is 2. The van der Waals surface area contributed by atoms with E-state index < -0.39 is 0 Å². The smallest absolute Gasteiger partial charge is 0.241 e. The first-order valence-corrected chi connectivity index (χ1v) is 6.64. The van der Waals surface area contributed by atoms with Crippen LogP contribution < -0.4 is 10.6 Å². The number of hydrogen-bond donors (Lipinski definition) is 2. The lowest BCUT2D eigenvalue weighted by atomic mass is 10.2. The largest absolute Gasteiger partial charge is 0.325 e. The van der Waals surface area contributed by atoms with Gasteiger partial charge in [0.2, 0.25) is 5.91 Å².